The number of nitrogens with zero attached hydrogens (tertiary/aromatic N) is 1. The summed E-state index contributed by atoms with van der Waals surface area (Å²) in [5.41, 5.74) is 0.949. The second kappa shape index (κ2) is 11.1. The summed E-state index contributed by atoms with van der Waals surface area (Å²) >= 11 is 0. The Balaban J connectivity index is 2.68. The zero-order chi connectivity index (χ0) is 18.7. The first kappa shape index (κ1) is 21.4. The Kier molecular flexibility index (Phi) is 9.52. The third-order valence-electron chi connectivity index (χ3n) is 3.91. The maximum absolute atomic E-state index is 11.5. The number of sulfone groups is 1. The SMILES string of the molecule is CCCC(CCO)CNC(=NCc1ccc(S(C)(=O)=O)cc1)NCC. The highest BCUT2D eigenvalue weighted by Crippen LogP contribution is 2.11. The second-order valence-electron chi connectivity index (χ2n) is 6.16. The van der Waals surface area contributed by atoms with Crippen LogP contribution in [0, 0.1) is 5.92 Å². The molecule has 0 saturated carbocycles. The van der Waals surface area contributed by atoms with Gasteiger partial charge in [-0.25, -0.2) is 13.4 Å². The number of aliphatic imine (C=N–C) groups is 1. The van der Waals surface area contributed by atoms with E-state index in [0.717, 1.165) is 43.9 Å². The standard InChI is InChI=1S/C18H31N3O3S/c1-4-6-15(11-12-22)13-20-18(19-5-2)21-14-16-7-9-17(10-8-16)25(3,23)24/h7-10,15,22H,4-6,11-14H2,1-3H3,(H2,19,20,21). The van der Waals surface area contributed by atoms with E-state index in [1.807, 2.05) is 6.92 Å². The Hall–Kier alpha value is -1.60. The minimum absolute atomic E-state index is 0.201. The summed E-state index contributed by atoms with van der Waals surface area (Å²) in [5, 5.41) is 15.7. The molecule has 0 aromatic heterocycles. The maximum atomic E-state index is 11.5. The molecule has 0 heterocycles. The summed E-state index contributed by atoms with van der Waals surface area (Å²) in [6.07, 6.45) is 4.15. The number of guanidine groups is 1. The number of benzene rings is 1. The van der Waals surface area contributed by atoms with Crippen molar-refractivity contribution in [3.05, 3.63) is 29.8 Å². The lowest BCUT2D eigenvalue weighted by atomic mass is 10.0. The predicted octanol–water partition coefficient (Wildman–Crippen LogP) is 1.94. The van der Waals surface area contributed by atoms with E-state index in [2.05, 4.69) is 22.5 Å². The summed E-state index contributed by atoms with van der Waals surface area (Å²) in [5.74, 6) is 1.15. The molecule has 142 valence electrons. The van der Waals surface area contributed by atoms with Crippen LogP contribution in [-0.2, 0) is 16.4 Å². The quantitative estimate of drug-likeness (QED) is 0.433. The van der Waals surface area contributed by atoms with Crippen molar-refractivity contribution in [3.63, 3.8) is 0 Å². The normalized spacial score (nSPS) is 13.5. The molecule has 0 aliphatic rings. The Morgan fingerprint density at radius 2 is 1.84 bits per heavy atom. The minimum Gasteiger partial charge on any atom is -0.396 e. The molecule has 0 spiro atoms. The maximum Gasteiger partial charge on any atom is 0.191 e. The molecule has 0 aliphatic carbocycles. The fourth-order valence-corrected chi connectivity index (χ4v) is 3.16. The Morgan fingerprint density at radius 1 is 1.16 bits per heavy atom. The van der Waals surface area contributed by atoms with Gasteiger partial charge in [-0.15, -0.1) is 0 Å². The molecule has 1 aromatic carbocycles. The first-order valence-corrected chi connectivity index (χ1v) is 10.7. The van der Waals surface area contributed by atoms with Gasteiger partial charge in [-0.1, -0.05) is 25.5 Å². The smallest absolute Gasteiger partial charge is 0.191 e. The van der Waals surface area contributed by atoms with Crippen molar-refractivity contribution in [1.82, 2.24) is 10.6 Å². The minimum atomic E-state index is -3.17. The highest BCUT2D eigenvalue weighted by molar-refractivity contribution is 7.90. The van der Waals surface area contributed by atoms with E-state index in [0.29, 0.717) is 17.4 Å². The van der Waals surface area contributed by atoms with Crippen molar-refractivity contribution >= 4 is 15.8 Å². The average Bonchev–Trinajstić information content (AvgIpc) is 2.57. The van der Waals surface area contributed by atoms with Crippen molar-refractivity contribution in [2.45, 2.75) is 44.6 Å². The molecule has 0 fully saturated rings. The van der Waals surface area contributed by atoms with E-state index in [-0.39, 0.29) is 6.61 Å². The summed E-state index contributed by atoms with van der Waals surface area (Å²) in [4.78, 5) is 4.87. The fraction of sp³-hybridized carbons (Fsp3) is 0.611. The summed E-state index contributed by atoms with van der Waals surface area (Å²) < 4.78 is 23.0. The lowest BCUT2D eigenvalue weighted by molar-refractivity contribution is 0.251. The highest BCUT2D eigenvalue weighted by atomic mass is 32.2. The monoisotopic (exact) mass is 369 g/mol. The molecule has 0 saturated heterocycles. The molecule has 3 N–H and O–H groups in total. The van der Waals surface area contributed by atoms with E-state index in [1.54, 1.807) is 24.3 Å². The van der Waals surface area contributed by atoms with Crippen molar-refractivity contribution in [1.29, 1.82) is 0 Å². The van der Waals surface area contributed by atoms with Crippen LogP contribution < -0.4 is 10.6 Å². The van der Waals surface area contributed by atoms with Crippen molar-refractivity contribution in [3.8, 4) is 0 Å². The van der Waals surface area contributed by atoms with Gasteiger partial charge in [0.1, 0.15) is 0 Å². The molecule has 1 aromatic rings. The molecule has 25 heavy (non-hydrogen) atoms. The zero-order valence-electron chi connectivity index (χ0n) is 15.5. The van der Waals surface area contributed by atoms with Crippen LogP contribution in [0.1, 0.15) is 38.7 Å². The van der Waals surface area contributed by atoms with Crippen molar-refractivity contribution < 1.29 is 13.5 Å². The molecule has 0 radical (unpaired) electrons. The molecular weight excluding hydrogens is 338 g/mol. The third kappa shape index (κ3) is 8.36. The van der Waals surface area contributed by atoms with Gasteiger partial charge in [0, 0.05) is 26.0 Å². The van der Waals surface area contributed by atoms with E-state index in [4.69, 9.17) is 5.11 Å². The lowest BCUT2D eigenvalue weighted by Gasteiger charge is -2.18. The van der Waals surface area contributed by atoms with Crippen LogP contribution in [-0.4, -0.2) is 45.4 Å². The van der Waals surface area contributed by atoms with Crippen LogP contribution in [0.3, 0.4) is 0 Å². The molecule has 0 bridgehead atoms. The van der Waals surface area contributed by atoms with E-state index in [1.165, 1.54) is 6.26 Å². The van der Waals surface area contributed by atoms with Crippen LogP contribution in [0.5, 0.6) is 0 Å². The van der Waals surface area contributed by atoms with Crippen LogP contribution in [0.15, 0.2) is 34.2 Å². The van der Waals surface area contributed by atoms with Gasteiger partial charge >= 0.3 is 0 Å². The average molecular weight is 370 g/mol. The summed E-state index contributed by atoms with van der Waals surface area (Å²) in [6, 6.07) is 6.79. The Morgan fingerprint density at radius 3 is 2.36 bits per heavy atom. The Bertz CT molecular complexity index is 621. The van der Waals surface area contributed by atoms with Crippen molar-refractivity contribution in [2.75, 3.05) is 26.0 Å². The number of nitrogens with one attached hydrogen (secondary N) is 2. The topological polar surface area (TPSA) is 90.8 Å². The fourth-order valence-electron chi connectivity index (χ4n) is 2.53. The molecular formula is C18H31N3O3S. The van der Waals surface area contributed by atoms with Gasteiger partial charge in [-0.3, -0.25) is 0 Å². The molecule has 1 atom stereocenters. The predicted molar refractivity (Wildman–Crippen MR) is 102 cm³/mol. The van der Waals surface area contributed by atoms with Gasteiger partial charge in [-0.05, 0) is 43.4 Å². The molecule has 1 rings (SSSR count). The van der Waals surface area contributed by atoms with E-state index >= 15 is 0 Å². The van der Waals surface area contributed by atoms with Crippen molar-refractivity contribution in [2.24, 2.45) is 10.9 Å². The van der Waals surface area contributed by atoms with Gasteiger partial charge in [-0.2, -0.15) is 0 Å². The number of aliphatic hydroxyl groups excluding tert-OH is 1. The molecule has 0 amide bonds. The van der Waals surface area contributed by atoms with Crippen LogP contribution in [0.2, 0.25) is 0 Å². The summed E-state index contributed by atoms with van der Waals surface area (Å²) in [6.45, 7) is 6.36. The first-order chi connectivity index (χ1) is 11.9. The molecule has 6 nitrogen and oxygen atoms in total. The summed E-state index contributed by atoms with van der Waals surface area (Å²) in [7, 11) is -3.17. The van der Waals surface area contributed by atoms with E-state index < -0.39 is 9.84 Å². The number of rotatable bonds is 10. The van der Waals surface area contributed by atoms with Crippen LogP contribution in [0.25, 0.3) is 0 Å². The zero-order valence-corrected chi connectivity index (χ0v) is 16.3. The first-order valence-electron chi connectivity index (χ1n) is 8.82. The largest absolute Gasteiger partial charge is 0.396 e. The lowest BCUT2D eigenvalue weighted by Crippen LogP contribution is -2.40. The number of aliphatic hydroxyl groups is 1. The van der Waals surface area contributed by atoms with Gasteiger partial charge in [0.2, 0.25) is 0 Å². The van der Waals surface area contributed by atoms with Gasteiger partial charge in [0.05, 0.1) is 11.4 Å². The van der Waals surface area contributed by atoms with Gasteiger partial charge < -0.3 is 15.7 Å². The van der Waals surface area contributed by atoms with E-state index in [9.17, 15) is 8.42 Å². The van der Waals surface area contributed by atoms with Gasteiger partial charge in [0.25, 0.3) is 0 Å². The number of hydrogen-bond acceptors (Lipinski definition) is 4. The number of hydrogen-bond donors (Lipinski definition) is 3. The molecule has 1 unspecified atom stereocenters. The van der Waals surface area contributed by atoms with Gasteiger partial charge in [0.15, 0.2) is 15.8 Å². The van der Waals surface area contributed by atoms with Crippen LogP contribution in [0.4, 0.5) is 0 Å². The van der Waals surface area contributed by atoms with Crippen LogP contribution >= 0.6 is 0 Å². The molecule has 7 heteroatoms. The molecule has 0 aliphatic heterocycles. The second-order valence-corrected chi connectivity index (χ2v) is 8.17. The third-order valence-corrected chi connectivity index (χ3v) is 5.04. The highest BCUT2D eigenvalue weighted by Gasteiger charge is 2.09. The Labute approximate surface area is 151 Å².